The van der Waals surface area contributed by atoms with Gasteiger partial charge in [0.25, 0.3) is 0 Å². The lowest BCUT2D eigenvalue weighted by molar-refractivity contribution is -0.0316. The number of nitrogens with zero attached hydrogens (tertiary/aromatic N) is 2. The molecule has 1 rings (SSSR count). The molecule has 1 atom stereocenters. The van der Waals surface area contributed by atoms with Crippen LogP contribution in [0, 0.1) is 0 Å². The standard InChI is InChI=1S/C11H24N2O3S/c1-5-13-6-7-16-11(9-13)8-12(4)17(14,15)10(2)3/h10-11H,5-9H2,1-4H3. The Bertz CT molecular complexity index is 330. The first-order valence-corrected chi connectivity index (χ1v) is 7.67. The summed E-state index contributed by atoms with van der Waals surface area (Å²) < 4.78 is 30.8. The van der Waals surface area contributed by atoms with E-state index < -0.39 is 10.0 Å². The maximum absolute atomic E-state index is 11.9. The Kier molecular flexibility index (Phi) is 5.37. The minimum absolute atomic E-state index is 0.0118. The number of morpholine rings is 1. The molecular weight excluding hydrogens is 240 g/mol. The van der Waals surface area contributed by atoms with E-state index in [0.717, 1.165) is 19.6 Å². The van der Waals surface area contributed by atoms with Crippen molar-refractivity contribution in [3.63, 3.8) is 0 Å². The molecule has 0 aliphatic carbocycles. The van der Waals surface area contributed by atoms with Crippen molar-refractivity contribution in [1.29, 1.82) is 0 Å². The van der Waals surface area contributed by atoms with E-state index in [9.17, 15) is 8.42 Å². The second-order valence-corrected chi connectivity index (χ2v) is 7.36. The maximum Gasteiger partial charge on any atom is 0.216 e. The van der Waals surface area contributed by atoms with Gasteiger partial charge in [-0.2, -0.15) is 0 Å². The van der Waals surface area contributed by atoms with Crippen molar-refractivity contribution in [2.45, 2.75) is 32.1 Å². The first-order valence-electron chi connectivity index (χ1n) is 6.17. The van der Waals surface area contributed by atoms with Gasteiger partial charge in [0.2, 0.25) is 10.0 Å². The van der Waals surface area contributed by atoms with Crippen LogP contribution >= 0.6 is 0 Å². The van der Waals surface area contributed by atoms with Crippen LogP contribution in [0.5, 0.6) is 0 Å². The quantitative estimate of drug-likeness (QED) is 0.720. The Morgan fingerprint density at radius 1 is 1.47 bits per heavy atom. The van der Waals surface area contributed by atoms with Gasteiger partial charge in [0.05, 0.1) is 18.0 Å². The van der Waals surface area contributed by atoms with Crippen LogP contribution in [0.3, 0.4) is 0 Å². The summed E-state index contributed by atoms with van der Waals surface area (Å²) in [7, 11) is -1.54. The van der Waals surface area contributed by atoms with Gasteiger partial charge in [-0.25, -0.2) is 12.7 Å². The molecule has 0 amide bonds. The van der Waals surface area contributed by atoms with Crippen LogP contribution in [0.1, 0.15) is 20.8 Å². The first kappa shape index (κ1) is 14.9. The molecule has 0 aromatic carbocycles. The van der Waals surface area contributed by atoms with Gasteiger partial charge in [-0.15, -0.1) is 0 Å². The largest absolute Gasteiger partial charge is 0.374 e. The SMILES string of the molecule is CCN1CCOC(CN(C)S(=O)(=O)C(C)C)C1. The number of likely N-dealkylation sites (N-methyl/N-ethyl adjacent to an activating group) is 2. The summed E-state index contributed by atoms with van der Waals surface area (Å²) in [6.45, 7) is 9.38. The van der Waals surface area contributed by atoms with E-state index in [2.05, 4.69) is 11.8 Å². The highest BCUT2D eigenvalue weighted by molar-refractivity contribution is 7.89. The topological polar surface area (TPSA) is 49.9 Å². The summed E-state index contributed by atoms with van der Waals surface area (Å²) in [6.07, 6.45) is -0.0118. The molecule has 0 saturated carbocycles. The highest BCUT2D eigenvalue weighted by Gasteiger charge is 2.27. The number of hydrogen-bond acceptors (Lipinski definition) is 4. The molecule has 0 bridgehead atoms. The summed E-state index contributed by atoms with van der Waals surface area (Å²) in [5.41, 5.74) is 0. The Morgan fingerprint density at radius 2 is 2.12 bits per heavy atom. The molecule has 1 fully saturated rings. The number of ether oxygens (including phenoxy) is 1. The van der Waals surface area contributed by atoms with E-state index in [4.69, 9.17) is 4.74 Å². The van der Waals surface area contributed by atoms with Gasteiger partial charge in [-0.05, 0) is 20.4 Å². The number of rotatable bonds is 5. The summed E-state index contributed by atoms with van der Waals surface area (Å²) in [6, 6.07) is 0. The van der Waals surface area contributed by atoms with Crippen molar-refractivity contribution in [1.82, 2.24) is 9.21 Å². The monoisotopic (exact) mass is 264 g/mol. The summed E-state index contributed by atoms with van der Waals surface area (Å²) in [5.74, 6) is 0. The molecule has 6 heteroatoms. The van der Waals surface area contributed by atoms with Crippen LogP contribution in [-0.4, -0.2) is 68.8 Å². The molecule has 1 aliphatic rings. The predicted molar refractivity (Wildman–Crippen MR) is 68.5 cm³/mol. The van der Waals surface area contributed by atoms with Crippen LogP contribution in [-0.2, 0) is 14.8 Å². The highest BCUT2D eigenvalue weighted by atomic mass is 32.2. The Hall–Kier alpha value is -0.170. The van der Waals surface area contributed by atoms with Crippen molar-refractivity contribution in [3.05, 3.63) is 0 Å². The molecule has 1 heterocycles. The number of hydrogen-bond donors (Lipinski definition) is 0. The van der Waals surface area contributed by atoms with Crippen molar-refractivity contribution in [3.8, 4) is 0 Å². The van der Waals surface area contributed by atoms with E-state index in [1.807, 2.05) is 0 Å². The molecule has 1 aliphatic heterocycles. The fraction of sp³-hybridized carbons (Fsp3) is 1.00. The van der Waals surface area contributed by atoms with Gasteiger partial charge >= 0.3 is 0 Å². The predicted octanol–water partition coefficient (Wildman–Crippen LogP) is 0.377. The van der Waals surface area contributed by atoms with Crippen molar-refractivity contribution in [2.24, 2.45) is 0 Å². The number of sulfonamides is 1. The summed E-state index contributed by atoms with van der Waals surface area (Å²) >= 11 is 0. The highest BCUT2D eigenvalue weighted by Crippen LogP contribution is 2.11. The Morgan fingerprint density at radius 3 is 2.65 bits per heavy atom. The average Bonchev–Trinajstić information content (AvgIpc) is 2.29. The van der Waals surface area contributed by atoms with Crippen LogP contribution in [0.25, 0.3) is 0 Å². The smallest absolute Gasteiger partial charge is 0.216 e. The van der Waals surface area contributed by atoms with Gasteiger partial charge in [0.1, 0.15) is 0 Å². The third kappa shape index (κ3) is 3.91. The van der Waals surface area contributed by atoms with Crippen molar-refractivity contribution >= 4 is 10.0 Å². The molecular formula is C11H24N2O3S. The Labute approximate surface area is 105 Å². The molecule has 1 saturated heterocycles. The van der Waals surface area contributed by atoms with E-state index >= 15 is 0 Å². The van der Waals surface area contributed by atoms with Crippen molar-refractivity contribution in [2.75, 3.05) is 39.8 Å². The lowest BCUT2D eigenvalue weighted by Crippen LogP contribution is -2.48. The van der Waals surface area contributed by atoms with Crippen molar-refractivity contribution < 1.29 is 13.2 Å². The average molecular weight is 264 g/mol. The van der Waals surface area contributed by atoms with Gasteiger partial charge in [-0.1, -0.05) is 6.92 Å². The zero-order chi connectivity index (χ0) is 13.1. The van der Waals surface area contributed by atoms with E-state index in [1.54, 1.807) is 20.9 Å². The van der Waals surface area contributed by atoms with E-state index in [-0.39, 0.29) is 11.4 Å². The summed E-state index contributed by atoms with van der Waals surface area (Å²) in [5, 5.41) is -0.377. The minimum Gasteiger partial charge on any atom is -0.374 e. The lowest BCUT2D eigenvalue weighted by Gasteiger charge is -2.34. The normalized spacial score (nSPS) is 23.5. The minimum atomic E-state index is -3.17. The van der Waals surface area contributed by atoms with Gasteiger partial charge in [0, 0.05) is 26.7 Å². The van der Waals surface area contributed by atoms with Gasteiger partial charge in [-0.3, -0.25) is 4.90 Å². The fourth-order valence-corrected chi connectivity index (χ4v) is 3.02. The van der Waals surface area contributed by atoms with Crippen LogP contribution < -0.4 is 0 Å². The van der Waals surface area contributed by atoms with E-state index in [0.29, 0.717) is 13.2 Å². The first-order chi connectivity index (χ1) is 7.87. The molecule has 0 spiro atoms. The molecule has 1 unspecified atom stereocenters. The second-order valence-electron chi connectivity index (χ2n) is 4.76. The molecule has 17 heavy (non-hydrogen) atoms. The van der Waals surface area contributed by atoms with Crippen LogP contribution in [0.4, 0.5) is 0 Å². The fourth-order valence-electron chi connectivity index (χ4n) is 1.93. The van der Waals surface area contributed by atoms with E-state index in [1.165, 1.54) is 4.31 Å². The molecule has 5 nitrogen and oxygen atoms in total. The maximum atomic E-state index is 11.9. The van der Waals surface area contributed by atoms with Crippen LogP contribution in [0.2, 0.25) is 0 Å². The third-order valence-corrected chi connectivity index (χ3v) is 5.37. The molecule has 102 valence electrons. The zero-order valence-electron chi connectivity index (χ0n) is 11.2. The molecule has 0 N–H and O–H groups in total. The third-order valence-electron chi connectivity index (χ3n) is 3.16. The lowest BCUT2D eigenvalue weighted by atomic mass is 10.2. The zero-order valence-corrected chi connectivity index (χ0v) is 12.0. The van der Waals surface area contributed by atoms with Gasteiger partial charge < -0.3 is 4.74 Å². The van der Waals surface area contributed by atoms with Crippen LogP contribution in [0.15, 0.2) is 0 Å². The second kappa shape index (κ2) is 6.13. The summed E-state index contributed by atoms with van der Waals surface area (Å²) in [4.78, 5) is 2.28. The molecule has 0 aromatic rings. The Balaban J connectivity index is 2.54. The van der Waals surface area contributed by atoms with Gasteiger partial charge in [0.15, 0.2) is 0 Å². The molecule has 0 radical (unpaired) electrons. The molecule has 0 aromatic heterocycles.